The van der Waals surface area contributed by atoms with E-state index in [4.69, 9.17) is 0 Å². The maximum atomic E-state index is 12.9. The Morgan fingerprint density at radius 3 is 2.19 bits per heavy atom. The van der Waals surface area contributed by atoms with E-state index in [1.54, 1.807) is 31.3 Å². The van der Waals surface area contributed by atoms with Crippen LogP contribution in [0, 0.1) is 5.92 Å². The molecule has 1 amide bonds. The van der Waals surface area contributed by atoms with E-state index in [0.29, 0.717) is 11.5 Å². The molecule has 0 spiro atoms. The lowest BCUT2D eigenvalue weighted by atomic mass is 9.86. The van der Waals surface area contributed by atoms with Crippen LogP contribution in [-0.4, -0.2) is 37.8 Å². The molecular formula is C21H32N2O3S. The van der Waals surface area contributed by atoms with Crippen molar-refractivity contribution in [2.24, 2.45) is 5.92 Å². The quantitative estimate of drug-likeness (QED) is 0.825. The summed E-state index contributed by atoms with van der Waals surface area (Å²) in [4.78, 5) is 12.8. The van der Waals surface area contributed by atoms with E-state index in [9.17, 15) is 13.2 Å². The number of rotatable bonds is 5. The Morgan fingerprint density at radius 2 is 1.56 bits per heavy atom. The van der Waals surface area contributed by atoms with Gasteiger partial charge in [-0.15, -0.1) is 0 Å². The number of hydrogen-bond donors (Lipinski definition) is 1. The number of nitrogens with one attached hydrogen (secondary N) is 1. The summed E-state index contributed by atoms with van der Waals surface area (Å²) >= 11 is 0. The van der Waals surface area contributed by atoms with Gasteiger partial charge in [-0.05, 0) is 55.9 Å². The second-order valence-corrected chi connectivity index (χ2v) is 10.2. The number of benzene rings is 1. The molecule has 1 aromatic rings. The summed E-state index contributed by atoms with van der Waals surface area (Å²) in [6, 6.07) is 6.68. The van der Waals surface area contributed by atoms with Crippen molar-refractivity contribution in [2.45, 2.75) is 81.7 Å². The Bertz CT molecular complexity index is 739. The zero-order valence-electron chi connectivity index (χ0n) is 16.5. The highest BCUT2D eigenvalue weighted by Crippen LogP contribution is 2.27. The van der Waals surface area contributed by atoms with Gasteiger partial charge in [0.25, 0.3) is 5.91 Å². The molecule has 2 aliphatic rings. The second-order valence-electron chi connectivity index (χ2n) is 8.18. The standard InChI is InChI=1S/C21H32N2O3S/c1-16-8-6-7-11-20(16)22-21(24)17-12-14-19(15-13-17)27(25,26)23(2)18-9-4-3-5-10-18/h12-16,18,20H,3-11H2,1-2H3,(H,22,24). The highest BCUT2D eigenvalue weighted by Gasteiger charge is 2.29. The van der Waals surface area contributed by atoms with Crippen LogP contribution >= 0.6 is 0 Å². The molecule has 1 N–H and O–H groups in total. The Hall–Kier alpha value is -1.40. The van der Waals surface area contributed by atoms with Crippen molar-refractivity contribution in [3.63, 3.8) is 0 Å². The van der Waals surface area contributed by atoms with Crippen LogP contribution in [0.3, 0.4) is 0 Å². The van der Waals surface area contributed by atoms with Crippen LogP contribution in [0.5, 0.6) is 0 Å². The normalized spacial score (nSPS) is 24.7. The van der Waals surface area contributed by atoms with Crippen molar-refractivity contribution in [3.05, 3.63) is 29.8 Å². The average molecular weight is 393 g/mol. The monoisotopic (exact) mass is 392 g/mol. The first kappa shape index (κ1) is 20.3. The van der Waals surface area contributed by atoms with Gasteiger partial charge in [-0.3, -0.25) is 4.79 Å². The third kappa shape index (κ3) is 4.72. The topological polar surface area (TPSA) is 66.5 Å². The fourth-order valence-corrected chi connectivity index (χ4v) is 5.78. The van der Waals surface area contributed by atoms with Gasteiger partial charge >= 0.3 is 0 Å². The van der Waals surface area contributed by atoms with Crippen LogP contribution < -0.4 is 5.32 Å². The average Bonchev–Trinajstić information content (AvgIpc) is 2.70. The lowest BCUT2D eigenvalue weighted by molar-refractivity contribution is 0.0910. The molecular weight excluding hydrogens is 360 g/mol. The van der Waals surface area contributed by atoms with Crippen molar-refractivity contribution in [3.8, 4) is 0 Å². The van der Waals surface area contributed by atoms with E-state index in [-0.39, 0.29) is 22.9 Å². The highest BCUT2D eigenvalue weighted by atomic mass is 32.2. The molecule has 5 nitrogen and oxygen atoms in total. The molecule has 0 aliphatic heterocycles. The molecule has 2 aliphatic carbocycles. The SMILES string of the molecule is CC1CCCCC1NC(=O)c1ccc(S(=O)(=O)N(C)C2CCCCC2)cc1. The Labute approximate surface area is 163 Å². The van der Waals surface area contributed by atoms with Crippen LogP contribution in [0.1, 0.15) is 75.1 Å². The van der Waals surface area contributed by atoms with Crippen molar-refractivity contribution in [2.75, 3.05) is 7.05 Å². The summed E-state index contributed by atoms with van der Waals surface area (Å²) in [5.41, 5.74) is 0.520. The maximum Gasteiger partial charge on any atom is 0.251 e. The Balaban J connectivity index is 1.67. The smallest absolute Gasteiger partial charge is 0.251 e. The Morgan fingerprint density at radius 1 is 0.963 bits per heavy atom. The van der Waals surface area contributed by atoms with Gasteiger partial charge in [0.1, 0.15) is 0 Å². The van der Waals surface area contributed by atoms with Crippen molar-refractivity contribution >= 4 is 15.9 Å². The largest absolute Gasteiger partial charge is 0.349 e. The molecule has 0 radical (unpaired) electrons. The molecule has 1 aromatic carbocycles. The van der Waals surface area contributed by atoms with Gasteiger partial charge in [-0.1, -0.05) is 39.0 Å². The number of amides is 1. The maximum absolute atomic E-state index is 12.9. The van der Waals surface area contributed by atoms with Gasteiger partial charge in [0, 0.05) is 24.7 Å². The minimum atomic E-state index is -3.52. The first-order valence-corrected chi connectivity index (χ1v) is 11.7. The molecule has 0 aromatic heterocycles. The second kappa shape index (κ2) is 8.74. The summed E-state index contributed by atoms with van der Waals surface area (Å²) in [5.74, 6) is 0.379. The molecule has 3 rings (SSSR count). The van der Waals surface area contributed by atoms with Gasteiger partial charge < -0.3 is 5.32 Å². The van der Waals surface area contributed by atoms with E-state index >= 15 is 0 Å². The minimum absolute atomic E-state index is 0.0829. The van der Waals surface area contributed by atoms with Gasteiger partial charge in [-0.2, -0.15) is 4.31 Å². The molecule has 2 atom stereocenters. The first-order chi connectivity index (χ1) is 12.9. The fourth-order valence-electron chi connectivity index (χ4n) is 4.37. The zero-order valence-corrected chi connectivity index (χ0v) is 17.3. The van der Waals surface area contributed by atoms with Gasteiger partial charge in [0.2, 0.25) is 10.0 Å². The molecule has 0 saturated heterocycles. The number of nitrogens with zero attached hydrogens (tertiary/aromatic N) is 1. The Kier molecular flexibility index (Phi) is 6.58. The molecule has 2 saturated carbocycles. The fraction of sp³-hybridized carbons (Fsp3) is 0.667. The third-order valence-corrected chi connectivity index (χ3v) is 8.23. The molecule has 150 valence electrons. The van der Waals surface area contributed by atoms with Gasteiger partial charge in [-0.25, -0.2) is 8.42 Å². The predicted octanol–water partition coefficient (Wildman–Crippen LogP) is 3.95. The molecule has 0 bridgehead atoms. The summed E-state index contributed by atoms with van der Waals surface area (Å²) in [6.07, 6.45) is 9.77. The summed E-state index contributed by atoms with van der Waals surface area (Å²) < 4.78 is 27.3. The van der Waals surface area contributed by atoms with Crippen LogP contribution in [0.25, 0.3) is 0 Å². The van der Waals surface area contributed by atoms with Crippen LogP contribution in [0.15, 0.2) is 29.2 Å². The van der Waals surface area contributed by atoms with E-state index in [2.05, 4.69) is 12.2 Å². The van der Waals surface area contributed by atoms with Crippen LogP contribution in [0.2, 0.25) is 0 Å². The summed E-state index contributed by atoms with van der Waals surface area (Å²) in [7, 11) is -1.84. The van der Waals surface area contributed by atoms with Crippen molar-refractivity contribution in [1.82, 2.24) is 9.62 Å². The van der Waals surface area contributed by atoms with E-state index in [0.717, 1.165) is 44.9 Å². The molecule has 0 heterocycles. The van der Waals surface area contributed by atoms with E-state index in [1.165, 1.54) is 17.1 Å². The first-order valence-electron chi connectivity index (χ1n) is 10.3. The number of hydrogen-bond acceptors (Lipinski definition) is 3. The number of sulfonamides is 1. The van der Waals surface area contributed by atoms with Crippen molar-refractivity contribution < 1.29 is 13.2 Å². The predicted molar refractivity (Wildman–Crippen MR) is 107 cm³/mol. The molecule has 2 fully saturated rings. The van der Waals surface area contributed by atoms with Gasteiger partial charge in [0.05, 0.1) is 4.90 Å². The lowest BCUT2D eigenvalue weighted by Gasteiger charge is -2.30. The van der Waals surface area contributed by atoms with Gasteiger partial charge in [0.15, 0.2) is 0 Å². The summed E-state index contributed by atoms with van der Waals surface area (Å²) in [5, 5.41) is 3.12. The van der Waals surface area contributed by atoms with Crippen LogP contribution in [0.4, 0.5) is 0 Å². The van der Waals surface area contributed by atoms with E-state index in [1.807, 2.05) is 0 Å². The number of carbonyl (C=O) groups is 1. The minimum Gasteiger partial charge on any atom is -0.349 e. The summed E-state index contributed by atoms with van der Waals surface area (Å²) in [6.45, 7) is 2.18. The number of carbonyl (C=O) groups excluding carboxylic acids is 1. The molecule has 2 unspecified atom stereocenters. The zero-order chi connectivity index (χ0) is 19.4. The highest BCUT2D eigenvalue weighted by molar-refractivity contribution is 7.89. The van der Waals surface area contributed by atoms with Crippen LogP contribution in [-0.2, 0) is 10.0 Å². The molecule has 27 heavy (non-hydrogen) atoms. The third-order valence-electron chi connectivity index (χ3n) is 6.31. The van der Waals surface area contributed by atoms with Crippen molar-refractivity contribution in [1.29, 1.82) is 0 Å². The lowest BCUT2D eigenvalue weighted by Crippen LogP contribution is -2.41. The van der Waals surface area contributed by atoms with E-state index < -0.39 is 10.0 Å². The molecule has 6 heteroatoms.